The summed E-state index contributed by atoms with van der Waals surface area (Å²) in [6, 6.07) is 8.76. The van der Waals surface area contributed by atoms with E-state index < -0.39 is 0 Å². The van der Waals surface area contributed by atoms with Crippen LogP contribution in [-0.4, -0.2) is 4.98 Å². The van der Waals surface area contributed by atoms with Crippen LogP contribution >= 0.6 is 11.3 Å². The summed E-state index contributed by atoms with van der Waals surface area (Å²) in [5.41, 5.74) is 4.18. The minimum Gasteiger partial charge on any atom is -0.246 e. The summed E-state index contributed by atoms with van der Waals surface area (Å²) in [5.74, 6) is 0.626. The molecule has 2 heteroatoms. The molecule has 0 bridgehead atoms. The fourth-order valence-corrected chi connectivity index (χ4v) is 3.19. The number of hydrogen-bond donors (Lipinski definition) is 0. The van der Waals surface area contributed by atoms with Crippen LogP contribution in [0.4, 0.5) is 0 Å². The molecule has 0 radical (unpaired) electrons. The highest BCUT2D eigenvalue weighted by Gasteiger charge is 2.24. The first-order valence-corrected chi connectivity index (χ1v) is 6.19. The predicted molar refractivity (Wildman–Crippen MR) is 63.4 cm³/mol. The molecule has 2 aromatic rings. The molecule has 76 valence electrons. The standard InChI is InChI=1S/C13H13NS/c1-9-8-15-13(14-9)12-6-10-4-2-3-5-11(10)7-12/h2-5,8,12H,6-7H2,1H3. The molecule has 0 aliphatic heterocycles. The lowest BCUT2D eigenvalue weighted by atomic mass is 10.1. The zero-order chi connectivity index (χ0) is 10.3. The second-order valence-corrected chi connectivity index (χ2v) is 5.09. The van der Waals surface area contributed by atoms with Gasteiger partial charge in [-0.15, -0.1) is 11.3 Å². The lowest BCUT2D eigenvalue weighted by molar-refractivity contribution is 0.732. The maximum Gasteiger partial charge on any atom is 0.0965 e. The molecule has 0 N–H and O–H groups in total. The van der Waals surface area contributed by atoms with E-state index in [9.17, 15) is 0 Å². The molecule has 1 nitrogen and oxygen atoms in total. The van der Waals surface area contributed by atoms with Crippen molar-refractivity contribution in [3.05, 3.63) is 51.5 Å². The van der Waals surface area contributed by atoms with Gasteiger partial charge in [-0.2, -0.15) is 0 Å². The molecule has 1 aromatic carbocycles. The van der Waals surface area contributed by atoms with Gasteiger partial charge in [-0.1, -0.05) is 24.3 Å². The van der Waals surface area contributed by atoms with Crippen molar-refractivity contribution in [3.63, 3.8) is 0 Å². The molecule has 3 rings (SSSR count). The van der Waals surface area contributed by atoms with Crippen LogP contribution in [0, 0.1) is 6.92 Å². The Bertz CT molecular complexity index is 462. The molecular weight excluding hydrogens is 202 g/mol. The van der Waals surface area contributed by atoms with Gasteiger partial charge >= 0.3 is 0 Å². The van der Waals surface area contributed by atoms with Gasteiger partial charge in [-0.3, -0.25) is 0 Å². The summed E-state index contributed by atoms with van der Waals surface area (Å²) in [4.78, 5) is 4.59. The minimum absolute atomic E-state index is 0.626. The first kappa shape index (κ1) is 9.10. The normalized spacial score (nSPS) is 15.5. The van der Waals surface area contributed by atoms with Crippen molar-refractivity contribution in [1.29, 1.82) is 0 Å². The van der Waals surface area contributed by atoms with E-state index in [1.807, 2.05) is 0 Å². The Morgan fingerprint density at radius 3 is 2.40 bits per heavy atom. The molecule has 0 unspecified atom stereocenters. The van der Waals surface area contributed by atoms with Gasteiger partial charge in [-0.05, 0) is 30.9 Å². The SMILES string of the molecule is Cc1csc(C2Cc3ccccc3C2)n1. The van der Waals surface area contributed by atoms with E-state index in [4.69, 9.17) is 0 Å². The monoisotopic (exact) mass is 215 g/mol. The molecule has 0 saturated carbocycles. The Kier molecular flexibility index (Phi) is 2.10. The quantitative estimate of drug-likeness (QED) is 0.711. The second-order valence-electron chi connectivity index (χ2n) is 4.20. The molecule has 0 saturated heterocycles. The van der Waals surface area contributed by atoms with Gasteiger partial charge < -0.3 is 0 Å². The summed E-state index contributed by atoms with van der Waals surface area (Å²) in [7, 11) is 0. The molecule has 1 heterocycles. The van der Waals surface area contributed by atoms with Crippen LogP contribution in [0.3, 0.4) is 0 Å². The average molecular weight is 215 g/mol. The summed E-state index contributed by atoms with van der Waals surface area (Å²) in [6.45, 7) is 2.07. The maximum atomic E-state index is 4.59. The summed E-state index contributed by atoms with van der Waals surface area (Å²) in [6.07, 6.45) is 2.34. The topological polar surface area (TPSA) is 12.9 Å². The van der Waals surface area contributed by atoms with E-state index in [-0.39, 0.29) is 0 Å². The van der Waals surface area contributed by atoms with Crippen LogP contribution in [0.5, 0.6) is 0 Å². The van der Waals surface area contributed by atoms with Gasteiger partial charge in [0.1, 0.15) is 0 Å². The van der Waals surface area contributed by atoms with Gasteiger partial charge in [0.25, 0.3) is 0 Å². The summed E-state index contributed by atoms with van der Waals surface area (Å²) in [5, 5.41) is 3.46. The van der Waals surface area contributed by atoms with Crippen LogP contribution in [0.25, 0.3) is 0 Å². The van der Waals surface area contributed by atoms with E-state index in [1.54, 1.807) is 11.3 Å². The van der Waals surface area contributed by atoms with Crippen LogP contribution in [0.1, 0.15) is 27.7 Å². The van der Waals surface area contributed by atoms with Crippen molar-refractivity contribution in [3.8, 4) is 0 Å². The van der Waals surface area contributed by atoms with Crippen molar-refractivity contribution in [2.24, 2.45) is 0 Å². The summed E-state index contributed by atoms with van der Waals surface area (Å²) >= 11 is 1.81. The molecule has 15 heavy (non-hydrogen) atoms. The highest BCUT2D eigenvalue weighted by atomic mass is 32.1. The second kappa shape index (κ2) is 3.46. The highest BCUT2D eigenvalue weighted by molar-refractivity contribution is 7.09. The van der Waals surface area contributed by atoms with Crippen molar-refractivity contribution in [2.75, 3.05) is 0 Å². The number of aryl methyl sites for hydroxylation is 1. The Hall–Kier alpha value is -1.15. The van der Waals surface area contributed by atoms with Gasteiger partial charge in [0.2, 0.25) is 0 Å². The molecule has 1 aromatic heterocycles. The van der Waals surface area contributed by atoms with Gasteiger partial charge in [-0.25, -0.2) is 4.98 Å². The van der Waals surface area contributed by atoms with Crippen LogP contribution in [0.2, 0.25) is 0 Å². The smallest absolute Gasteiger partial charge is 0.0965 e. The molecular formula is C13H13NS. The van der Waals surface area contributed by atoms with Crippen LogP contribution in [-0.2, 0) is 12.8 Å². The molecule has 1 aliphatic rings. The lowest BCUT2D eigenvalue weighted by Gasteiger charge is -2.02. The number of hydrogen-bond acceptors (Lipinski definition) is 2. The number of thiazole rings is 1. The Morgan fingerprint density at radius 1 is 1.20 bits per heavy atom. The van der Waals surface area contributed by atoms with Gasteiger partial charge in [0.05, 0.1) is 5.01 Å². The fraction of sp³-hybridized carbons (Fsp3) is 0.308. The molecule has 0 fully saturated rings. The Morgan fingerprint density at radius 2 is 1.87 bits per heavy atom. The van der Waals surface area contributed by atoms with E-state index in [0.717, 1.165) is 5.69 Å². The first-order chi connectivity index (χ1) is 7.33. The molecule has 0 amide bonds. The maximum absolute atomic E-state index is 4.59. The first-order valence-electron chi connectivity index (χ1n) is 5.32. The predicted octanol–water partition coefficient (Wildman–Crippen LogP) is 3.33. The van der Waals surface area contributed by atoms with E-state index in [0.29, 0.717) is 5.92 Å². The third-order valence-corrected chi connectivity index (χ3v) is 4.16. The van der Waals surface area contributed by atoms with Crippen molar-refractivity contribution >= 4 is 11.3 Å². The highest BCUT2D eigenvalue weighted by Crippen LogP contribution is 2.34. The number of aromatic nitrogens is 1. The number of fused-ring (bicyclic) bond motifs is 1. The third-order valence-electron chi connectivity index (χ3n) is 3.04. The summed E-state index contributed by atoms with van der Waals surface area (Å²) < 4.78 is 0. The molecule has 0 atom stereocenters. The van der Waals surface area contributed by atoms with Crippen molar-refractivity contribution in [2.45, 2.75) is 25.7 Å². The Labute approximate surface area is 93.8 Å². The lowest BCUT2D eigenvalue weighted by Crippen LogP contribution is -1.96. The van der Waals surface area contributed by atoms with Crippen molar-refractivity contribution < 1.29 is 0 Å². The molecule has 1 aliphatic carbocycles. The zero-order valence-corrected chi connectivity index (χ0v) is 9.55. The van der Waals surface area contributed by atoms with E-state index >= 15 is 0 Å². The largest absolute Gasteiger partial charge is 0.246 e. The van der Waals surface area contributed by atoms with E-state index in [2.05, 4.69) is 41.6 Å². The number of nitrogens with zero attached hydrogens (tertiary/aromatic N) is 1. The van der Waals surface area contributed by atoms with Gasteiger partial charge in [0, 0.05) is 17.0 Å². The van der Waals surface area contributed by atoms with Crippen LogP contribution < -0.4 is 0 Å². The minimum atomic E-state index is 0.626. The number of rotatable bonds is 1. The van der Waals surface area contributed by atoms with Crippen LogP contribution in [0.15, 0.2) is 29.6 Å². The third kappa shape index (κ3) is 1.59. The average Bonchev–Trinajstić information content (AvgIpc) is 2.82. The van der Waals surface area contributed by atoms with Gasteiger partial charge in [0.15, 0.2) is 0 Å². The Balaban J connectivity index is 1.90. The number of benzene rings is 1. The molecule has 0 spiro atoms. The van der Waals surface area contributed by atoms with Crippen molar-refractivity contribution in [1.82, 2.24) is 4.98 Å². The zero-order valence-electron chi connectivity index (χ0n) is 8.73. The fourth-order valence-electron chi connectivity index (χ4n) is 2.29. The van der Waals surface area contributed by atoms with E-state index in [1.165, 1.54) is 29.0 Å².